The van der Waals surface area contributed by atoms with E-state index in [0.29, 0.717) is 17.6 Å². The highest BCUT2D eigenvalue weighted by molar-refractivity contribution is 6.11. The molecule has 3 aromatic heterocycles. The van der Waals surface area contributed by atoms with Gasteiger partial charge in [-0.1, -0.05) is 121 Å². The summed E-state index contributed by atoms with van der Waals surface area (Å²) in [6.07, 6.45) is 0. The molecule has 234 valence electrons. The molecule has 0 aliphatic heterocycles. The number of hydrogen-bond acceptors (Lipinski definition) is 3. The molecule has 0 atom stereocenters. The van der Waals surface area contributed by atoms with Crippen LogP contribution < -0.4 is 0 Å². The van der Waals surface area contributed by atoms with Crippen molar-refractivity contribution >= 4 is 43.6 Å². The lowest BCUT2D eigenvalue weighted by atomic mass is 10.0. The zero-order valence-electron chi connectivity index (χ0n) is 27.0. The van der Waals surface area contributed by atoms with E-state index >= 15 is 0 Å². The summed E-state index contributed by atoms with van der Waals surface area (Å²) in [5, 5.41) is 4.78. The minimum Gasteiger partial charge on any atom is -0.309 e. The van der Waals surface area contributed by atoms with Crippen LogP contribution in [-0.2, 0) is 0 Å². The summed E-state index contributed by atoms with van der Waals surface area (Å²) in [6.45, 7) is 0. The van der Waals surface area contributed by atoms with Gasteiger partial charge in [-0.25, -0.2) is 4.98 Å². The normalized spacial score (nSPS) is 11.6. The standard InChI is InChI=1S/C45H29N5/c1-3-13-30(14-4-1)33-25-28-42-38(29-33)37-19-9-10-20-39(37)49(42)34-26-23-32(24-27-34)44-46-43(31-15-5-2-6-16-31)47-45(48-44)50-40-21-11-7-17-35(40)36-18-8-12-22-41(36)50/h1-29H. The number of fused-ring (bicyclic) bond motifs is 6. The smallest absolute Gasteiger partial charge is 0.238 e. The van der Waals surface area contributed by atoms with Gasteiger partial charge in [-0.15, -0.1) is 0 Å². The summed E-state index contributed by atoms with van der Waals surface area (Å²) >= 11 is 0. The second kappa shape index (κ2) is 11.4. The first kappa shape index (κ1) is 28.2. The van der Waals surface area contributed by atoms with Crippen molar-refractivity contribution in [3.8, 4) is 45.5 Å². The minimum atomic E-state index is 0.590. The van der Waals surface area contributed by atoms with Crippen LogP contribution in [0.4, 0.5) is 0 Å². The van der Waals surface area contributed by atoms with Gasteiger partial charge in [-0.3, -0.25) is 4.57 Å². The van der Waals surface area contributed by atoms with Crippen LogP contribution in [0.3, 0.4) is 0 Å². The van der Waals surface area contributed by atoms with Gasteiger partial charge in [0.25, 0.3) is 0 Å². The Kier molecular flexibility index (Phi) is 6.42. The Morgan fingerprint density at radius 3 is 1.34 bits per heavy atom. The summed E-state index contributed by atoms with van der Waals surface area (Å²) in [5.41, 5.74) is 9.80. The molecular formula is C45H29N5. The van der Waals surface area contributed by atoms with Crippen molar-refractivity contribution in [2.24, 2.45) is 0 Å². The molecule has 0 fully saturated rings. The molecule has 0 saturated heterocycles. The fourth-order valence-corrected chi connectivity index (χ4v) is 7.27. The number of benzene rings is 7. The summed E-state index contributed by atoms with van der Waals surface area (Å²) in [4.78, 5) is 15.2. The van der Waals surface area contributed by atoms with E-state index in [2.05, 4.69) is 155 Å². The molecule has 0 bridgehead atoms. The molecule has 10 rings (SSSR count). The van der Waals surface area contributed by atoms with E-state index in [-0.39, 0.29) is 0 Å². The Bertz CT molecular complexity index is 2800. The zero-order valence-corrected chi connectivity index (χ0v) is 27.0. The van der Waals surface area contributed by atoms with Crippen molar-refractivity contribution < 1.29 is 0 Å². The van der Waals surface area contributed by atoms with Gasteiger partial charge in [-0.2, -0.15) is 9.97 Å². The Balaban J connectivity index is 1.13. The van der Waals surface area contributed by atoms with Gasteiger partial charge in [0.05, 0.1) is 22.1 Å². The summed E-state index contributed by atoms with van der Waals surface area (Å²) in [6, 6.07) is 61.5. The highest BCUT2D eigenvalue weighted by Crippen LogP contribution is 2.36. The van der Waals surface area contributed by atoms with Crippen LogP contribution in [0.25, 0.3) is 89.2 Å². The highest BCUT2D eigenvalue weighted by Gasteiger charge is 2.18. The molecule has 3 heterocycles. The largest absolute Gasteiger partial charge is 0.309 e. The number of aromatic nitrogens is 5. The van der Waals surface area contributed by atoms with Gasteiger partial charge in [-0.05, 0) is 65.7 Å². The zero-order chi connectivity index (χ0) is 33.0. The molecule has 5 heteroatoms. The SMILES string of the molecule is c1ccc(-c2ccc3c(c2)c2ccccc2n3-c2ccc(-c3nc(-c4ccccc4)nc(-n4c5ccccc5c5ccccc54)n3)cc2)cc1. The second-order valence-electron chi connectivity index (χ2n) is 12.5. The van der Waals surface area contributed by atoms with E-state index in [4.69, 9.17) is 15.0 Å². The Labute approximate surface area is 288 Å². The third-order valence-electron chi connectivity index (χ3n) is 9.60. The Morgan fingerprint density at radius 1 is 0.300 bits per heavy atom. The minimum absolute atomic E-state index is 0.590. The van der Waals surface area contributed by atoms with E-state index < -0.39 is 0 Å². The molecule has 7 aromatic carbocycles. The Hall–Kier alpha value is -6.85. The van der Waals surface area contributed by atoms with Crippen LogP contribution >= 0.6 is 0 Å². The molecular weight excluding hydrogens is 611 g/mol. The highest BCUT2D eigenvalue weighted by atomic mass is 15.2. The molecule has 0 aliphatic rings. The first-order valence-electron chi connectivity index (χ1n) is 16.8. The second-order valence-corrected chi connectivity index (χ2v) is 12.5. The van der Waals surface area contributed by atoms with Gasteiger partial charge in [0, 0.05) is 38.4 Å². The summed E-state index contributed by atoms with van der Waals surface area (Å²) in [5.74, 6) is 1.84. The van der Waals surface area contributed by atoms with Crippen LogP contribution in [0.2, 0.25) is 0 Å². The topological polar surface area (TPSA) is 48.5 Å². The fourth-order valence-electron chi connectivity index (χ4n) is 7.27. The molecule has 0 unspecified atom stereocenters. The van der Waals surface area contributed by atoms with Crippen LogP contribution in [0.15, 0.2) is 176 Å². The Morgan fingerprint density at radius 2 is 0.740 bits per heavy atom. The van der Waals surface area contributed by atoms with E-state index in [1.807, 2.05) is 30.3 Å². The van der Waals surface area contributed by atoms with Crippen LogP contribution in [0, 0.1) is 0 Å². The van der Waals surface area contributed by atoms with E-state index in [0.717, 1.165) is 38.6 Å². The monoisotopic (exact) mass is 639 g/mol. The van der Waals surface area contributed by atoms with Gasteiger partial charge in [0.2, 0.25) is 5.95 Å². The average Bonchev–Trinajstić information content (AvgIpc) is 3.71. The van der Waals surface area contributed by atoms with Crippen molar-refractivity contribution in [3.05, 3.63) is 176 Å². The van der Waals surface area contributed by atoms with Gasteiger partial charge < -0.3 is 4.57 Å². The first-order chi connectivity index (χ1) is 24.8. The summed E-state index contributed by atoms with van der Waals surface area (Å²) < 4.78 is 4.49. The number of nitrogens with zero attached hydrogens (tertiary/aromatic N) is 5. The molecule has 50 heavy (non-hydrogen) atoms. The van der Waals surface area contributed by atoms with Crippen LogP contribution in [-0.4, -0.2) is 24.1 Å². The third kappa shape index (κ3) is 4.52. The van der Waals surface area contributed by atoms with Crippen LogP contribution in [0.1, 0.15) is 0 Å². The molecule has 0 aliphatic carbocycles. The maximum atomic E-state index is 5.14. The third-order valence-corrected chi connectivity index (χ3v) is 9.60. The molecule has 0 saturated carbocycles. The number of hydrogen-bond donors (Lipinski definition) is 0. The maximum absolute atomic E-state index is 5.14. The lowest BCUT2D eigenvalue weighted by molar-refractivity contribution is 0.953. The average molecular weight is 640 g/mol. The molecule has 0 amide bonds. The maximum Gasteiger partial charge on any atom is 0.238 e. The van der Waals surface area contributed by atoms with Crippen molar-refractivity contribution in [1.29, 1.82) is 0 Å². The van der Waals surface area contributed by atoms with Gasteiger partial charge in [0.1, 0.15) is 0 Å². The molecule has 5 nitrogen and oxygen atoms in total. The predicted molar refractivity (Wildman–Crippen MR) is 205 cm³/mol. The molecule has 10 aromatic rings. The van der Waals surface area contributed by atoms with E-state index in [9.17, 15) is 0 Å². The van der Waals surface area contributed by atoms with Crippen LogP contribution in [0.5, 0.6) is 0 Å². The van der Waals surface area contributed by atoms with E-state index in [1.165, 1.54) is 32.9 Å². The number of para-hydroxylation sites is 3. The van der Waals surface area contributed by atoms with Crippen molar-refractivity contribution in [2.75, 3.05) is 0 Å². The number of rotatable bonds is 5. The van der Waals surface area contributed by atoms with Crippen molar-refractivity contribution in [1.82, 2.24) is 24.1 Å². The first-order valence-corrected chi connectivity index (χ1v) is 16.8. The van der Waals surface area contributed by atoms with Gasteiger partial charge >= 0.3 is 0 Å². The fraction of sp³-hybridized carbons (Fsp3) is 0. The quantitative estimate of drug-likeness (QED) is 0.188. The molecule has 0 N–H and O–H groups in total. The van der Waals surface area contributed by atoms with Crippen molar-refractivity contribution in [2.45, 2.75) is 0 Å². The lowest BCUT2D eigenvalue weighted by Gasteiger charge is -2.12. The van der Waals surface area contributed by atoms with Gasteiger partial charge in [0.15, 0.2) is 11.6 Å². The molecule has 0 radical (unpaired) electrons. The lowest BCUT2D eigenvalue weighted by Crippen LogP contribution is -2.06. The van der Waals surface area contributed by atoms with Crippen molar-refractivity contribution in [3.63, 3.8) is 0 Å². The van der Waals surface area contributed by atoms with E-state index in [1.54, 1.807) is 0 Å². The molecule has 0 spiro atoms. The summed E-state index contributed by atoms with van der Waals surface area (Å²) in [7, 11) is 0. The predicted octanol–water partition coefficient (Wildman–Crippen LogP) is 11.1.